The lowest BCUT2D eigenvalue weighted by atomic mass is 9.81. The number of hydrogen-bond acceptors (Lipinski definition) is 6. The summed E-state index contributed by atoms with van der Waals surface area (Å²) < 4.78 is 60.9. The SMILES string of the molecule is C[C@H]1N(C)c2cc3c(cc2C1(C)C)[P@@](=Nc1cccc(C(F)(F)F)c1)(N1CCOCC1)OC(c1cccs1)=N3. The monoisotopic (exact) mass is 574 g/mol. The number of rotatable bonds is 3. The third-order valence-electron chi connectivity index (χ3n) is 8.07. The number of anilines is 1. The Morgan fingerprint density at radius 1 is 1.10 bits per heavy atom. The van der Waals surface area contributed by atoms with E-state index in [0.717, 1.165) is 39.3 Å². The summed E-state index contributed by atoms with van der Waals surface area (Å²) in [5, 5.41) is 2.78. The minimum Gasteiger partial charge on any atom is -0.424 e. The van der Waals surface area contributed by atoms with Gasteiger partial charge in [-0.1, -0.05) is 26.0 Å². The zero-order valence-corrected chi connectivity index (χ0v) is 23.9. The number of thiophene rings is 1. The Kier molecular flexibility index (Phi) is 6.45. The topological polar surface area (TPSA) is 49.7 Å². The molecule has 2 aromatic carbocycles. The number of alkyl halides is 3. The predicted molar refractivity (Wildman–Crippen MR) is 151 cm³/mol. The normalized spacial score (nSPS) is 24.5. The van der Waals surface area contributed by atoms with E-state index in [1.165, 1.54) is 17.4 Å². The highest BCUT2D eigenvalue weighted by Gasteiger charge is 2.46. The summed E-state index contributed by atoms with van der Waals surface area (Å²) >= 11 is 1.51. The molecule has 0 unspecified atom stereocenters. The number of aliphatic imine (C=N–C) groups is 1. The zero-order chi connectivity index (χ0) is 27.6. The van der Waals surface area contributed by atoms with Crippen LogP contribution >= 0.6 is 18.8 Å². The van der Waals surface area contributed by atoms with E-state index in [4.69, 9.17) is 19.0 Å². The minimum atomic E-state index is -4.48. The van der Waals surface area contributed by atoms with Gasteiger partial charge in [-0.2, -0.15) is 13.2 Å². The van der Waals surface area contributed by atoms with Crippen molar-refractivity contribution in [3.05, 3.63) is 69.9 Å². The number of fused-ring (bicyclic) bond motifs is 2. The number of halogens is 3. The highest BCUT2D eigenvalue weighted by molar-refractivity contribution is 7.68. The Hall–Kier alpha value is -2.65. The molecule has 3 aliphatic heterocycles. The van der Waals surface area contributed by atoms with Crippen LogP contribution in [0.3, 0.4) is 0 Å². The Morgan fingerprint density at radius 2 is 1.87 bits per heavy atom. The highest BCUT2D eigenvalue weighted by atomic mass is 32.1. The van der Waals surface area contributed by atoms with Crippen molar-refractivity contribution in [3.8, 4) is 0 Å². The van der Waals surface area contributed by atoms with Crippen molar-refractivity contribution in [2.75, 3.05) is 38.3 Å². The summed E-state index contributed by atoms with van der Waals surface area (Å²) in [5.41, 5.74) is 2.34. The lowest BCUT2D eigenvalue weighted by Crippen LogP contribution is -2.39. The summed E-state index contributed by atoms with van der Waals surface area (Å²) in [5.74, 6) is 0.445. The molecule has 0 bridgehead atoms. The van der Waals surface area contributed by atoms with Gasteiger partial charge in [0.1, 0.15) is 0 Å². The minimum absolute atomic E-state index is 0.159. The average Bonchev–Trinajstić information content (AvgIpc) is 3.51. The molecule has 3 aliphatic rings. The van der Waals surface area contributed by atoms with Crippen molar-refractivity contribution in [2.45, 2.75) is 38.4 Å². The Bertz CT molecular complexity index is 1500. The molecule has 2 atom stereocenters. The van der Waals surface area contributed by atoms with E-state index < -0.39 is 19.2 Å². The third kappa shape index (κ3) is 4.42. The van der Waals surface area contributed by atoms with Crippen LogP contribution in [-0.4, -0.2) is 50.0 Å². The van der Waals surface area contributed by atoms with E-state index in [1.807, 2.05) is 17.5 Å². The quantitative estimate of drug-likeness (QED) is 0.308. The summed E-state index contributed by atoms with van der Waals surface area (Å²) in [7, 11) is -1.02. The van der Waals surface area contributed by atoms with Crippen molar-refractivity contribution >= 4 is 47.0 Å². The number of ether oxygens (including phenoxy) is 1. The first-order valence-corrected chi connectivity index (χ1v) is 15.4. The Morgan fingerprint density at radius 3 is 2.56 bits per heavy atom. The van der Waals surface area contributed by atoms with Gasteiger partial charge in [-0.05, 0) is 54.3 Å². The van der Waals surface area contributed by atoms with Crippen LogP contribution in [-0.2, 0) is 20.9 Å². The van der Waals surface area contributed by atoms with Crippen LogP contribution in [0.15, 0.2) is 63.6 Å². The standard InChI is InChI=1S/C28H30F3N4O2PS/c1-18-27(2,3)21-16-24-22(17-23(21)34(18)4)32-26(25-9-6-14-39-25)37-38(24,35-10-12-36-13-11-35)33-20-8-5-7-19(15-20)28(29,30)31/h5-9,14-18H,10-13H2,1-4H3/t18-,38-/m1/s1. The first-order chi connectivity index (χ1) is 18.5. The maximum atomic E-state index is 13.7. The van der Waals surface area contributed by atoms with E-state index >= 15 is 0 Å². The van der Waals surface area contributed by atoms with Gasteiger partial charge in [0.05, 0.1) is 40.3 Å². The summed E-state index contributed by atoms with van der Waals surface area (Å²) in [6, 6.07) is 13.6. The fourth-order valence-corrected chi connectivity index (χ4v) is 9.23. The van der Waals surface area contributed by atoms with Crippen molar-refractivity contribution in [1.29, 1.82) is 0 Å². The smallest absolute Gasteiger partial charge is 0.416 e. The largest absolute Gasteiger partial charge is 0.424 e. The van der Waals surface area contributed by atoms with Gasteiger partial charge < -0.3 is 14.2 Å². The van der Waals surface area contributed by atoms with Gasteiger partial charge in [0.2, 0.25) is 13.3 Å². The number of nitrogens with zero attached hydrogens (tertiary/aromatic N) is 4. The maximum Gasteiger partial charge on any atom is 0.416 e. The van der Waals surface area contributed by atoms with Crippen molar-refractivity contribution in [3.63, 3.8) is 0 Å². The molecule has 0 saturated carbocycles. The fourth-order valence-electron chi connectivity index (χ4n) is 5.49. The van der Waals surface area contributed by atoms with Gasteiger partial charge in [0.25, 0.3) is 0 Å². The van der Waals surface area contributed by atoms with Crippen LogP contribution in [0.5, 0.6) is 0 Å². The molecule has 1 fully saturated rings. The van der Waals surface area contributed by atoms with Crippen LogP contribution in [0.2, 0.25) is 0 Å². The van der Waals surface area contributed by atoms with Crippen LogP contribution in [0.25, 0.3) is 0 Å². The summed E-state index contributed by atoms with van der Waals surface area (Å²) in [6.45, 7) is 8.70. The lowest BCUT2D eigenvalue weighted by Gasteiger charge is -2.40. The molecule has 0 radical (unpaired) electrons. The van der Waals surface area contributed by atoms with Crippen LogP contribution in [0.4, 0.5) is 30.2 Å². The van der Waals surface area contributed by atoms with Gasteiger partial charge in [0, 0.05) is 37.3 Å². The fraction of sp³-hybridized carbons (Fsp3) is 0.393. The third-order valence-corrected chi connectivity index (χ3v) is 12.0. The number of benzene rings is 2. The maximum absolute atomic E-state index is 13.7. The van der Waals surface area contributed by atoms with Crippen molar-refractivity contribution < 1.29 is 22.4 Å². The van der Waals surface area contributed by atoms with Crippen LogP contribution in [0.1, 0.15) is 36.8 Å². The molecule has 1 saturated heterocycles. The van der Waals surface area contributed by atoms with Crippen molar-refractivity contribution in [2.24, 2.45) is 9.74 Å². The Balaban J connectivity index is 1.66. The second-order valence-corrected chi connectivity index (χ2v) is 14.1. The van der Waals surface area contributed by atoms with E-state index in [1.54, 1.807) is 6.07 Å². The van der Waals surface area contributed by atoms with Gasteiger partial charge >= 0.3 is 6.18 Å². The van der Waals surface area contributed by atoms with Gasteiger partial charge in [-0.3, -0.25) is 0 Å². The molecular formula is C28H30F3N4O2PS. The molecule has 39 heavy (non-hydrogen) atoms. The van der Waals surface area contributed by atoms with E-state index in [9.17, 15) is 13.2 Å². The zero-order valence-electron chi connectivity index (χ0n) is 22.2. The molecule has 0 aliphatic carbocycles. The molecule has 6 nitrogen and oxygen atoms in total. The molecule has 3 aromatic rings. The summed E-state index contributed by atoms with van der Waals surface area (Å²) in [6.07, 6.45) is -4.48. The second kappa shape index (κ2) is 9.47. The molecular weight excluding hydrogens is 544 g/mol. The number of morpholine rings is 1. The molecule has 0 spiro atoms. The average molecular weight is 575 g/mol. The molecule has 0 amide bonds. The first kappa shape index (κ1) is 26.6. The molecule has 1 aromatic heterocycles. The Labute approximate surface area is 230 Å². The van der Waals surface area contributed by atoms with E-state index in [2.05, 4.69) is 49.5 Å². The molecule has 6 rings (SSSR count). The highest BCUT2D eigenvalue weighted by Crippen LogP contribution is 2.61. The van der Waals surface area contributed by atoms with Gasteiger partial charge in [-0.25, -0.2) is 14.4 Å². The van der Waals surface area contributed by atoms with Crippen LogP contribution in [0, 0.1) is 0 Å². The van der Waals surface area contributed by atoms with Gasteiger partial charge in [0.15, 0.2) is 0 Å². The van der Waals surface area contributed by atoms with Crippen LogP contribution < -0.4 is 10.2 Å². The van der Waals surface area contributed by atoms with Crippen molar-refractivity contribution in [1.82, 2.24) is 4.67 Å². The first-order valence-electron chi connectivity index (χ1n) is 12.9. The number of likely N-dealkylation sites (N-methyl/N-ethyl adjacent to an activating group) is 1. The van der Waals surface area contributed by atoms with Gasteiger partial charge in [-0.15, -0.1) is 11.3 Å². The lowest BCUT2D eigenvalue weighted by molar-refractivity contribution is -0.137. The number of hydrogen-bond donors (Lipinski definition) is 0. The summed E-state index contributed by atoms with van der Waals surface area (Å²) in [4.78, 5) is 8.08. The van der Waals surface area contributed by atoms with E-state index in [-0.39, 0.29) is 17.1 Å². The molecule has 0 N–H and O–H groups in total. The predicted octanol–water partition coefficient (Wildman–Crippen LogP) is 7.31. The van der Waals surface area contributed by atoms with E-state index in [0.29, 0.717) is 32.2 Å². The molecule has 11 heteroatoms. The second-order valence-electron chi connectivity index (χ2n) is 10.6. The molecule has 206 valence electrons. The molecule has 4 heterocycles.